The quantitative estimate of drug-likeness (QED) is 0.816. The van der Waals surface area contributed by atoms with Crippen molar-refractivity contribution in [2.24, 2.45) is 0 Å². The van der Waals surface area contributed by atoms with Crippen molar-refractivity contribution in [3.05, 3.63) is 62.5 Å². The molecule has 3 nitrogen and oxygen atoms in total. The summed E-state index contributed by atoms with van der Waals surface area (Å²) in [6, 6.07) is 11.7. The molecular weight excluding hydrogens is 385 g/mol. The molecule has 2 aromatic rings. The maximum atomic E-state index is 12.1. The van der Waals surface area contributed by atoms with Crippen molar-refractivity contribution in [2.75, 3.05) is 4.72 Å². The minimum atomic E-state index is -3.58. The summed E-state index contributed by atoms with van der Waals surface area (Å²) in [4.78, 5) is 0. The van der Waals surface area contributed by atoms with E-state index in [1.807, 2.05) is 0 Å². The highest BCUT2D eigenvalue weighted by atomic mass is 79.9. The van der Waals surface area contributed by atoms with Gasteiger partial charge in [0.25, 0.3) is 0 Å². The number of halogens is 3. The zero-order valence-corrected chi connectivity index (χ0v) is 14.0. The van der Waals surface area contributed by atoms with Crippen molar-refractivity contribution in [1.82, 2.24) is 0 Å². The predicted molar refractivity (Wildman–Crippen MR) is 86.9 cm³/mol. The molecule has 0 saturated carbocycles. The summed E-state index contributed by atoms with van der Waals surface area (Å²) in [6.07, 6.45) is 0. The Bertz CT molecular complexity index is 735. The van der Waals surface area contributed by atoms with Crippen LogP contribution in [0.1, 0.15) is 5.56 Å². The minimum Gasteiger partial charge on any atom is -0.282 e. The topological polar surface area (TPSA) is 46.2 Å². The number of nitrogens with one attached hydrogen (secondary N) is 1. The second-order valence-electron chi connectivity index (χ2n) is 4.08. The molecule has 0 amide bonds. The molecule has 20 heavy (non-hydrogen) atoms. The van der Waals surface area contributed by atoms with Crippen molar-refractivity contribution in [1.29, 1.82) is 0 Å². The summed E-state index contributed by atoms with van der Waals surface area (Å²) in [5.41, 5.74) is 0.872. The van der Waals surface area contributed by atoms with E-state index >= 15 is 0 Å². The van der Waals surface area contributed by atoms with E-state index in [0.717, 1.165) is 4.47 Å². The van der Waals surface area contributed by atoms with Crippen LogP contribution in [0.3, 0.4) is 0 Å². The molecule has 0 unspecified atom stereocenters. The summed E-state index contributed by atoms with van der Waals surface area (Å²) >= 11 is 15.2. The Morgan fingerprint density at radius 2 is 1.75 bits per heavy atom. The smallest absolute Gasteiger partial charge is 0.237 e. The third-order valence-corrected chi connectivity index (χ3v) is 4.90. The van der Waals surface area contributed by atoms with Crippen LogP contribution in [0.5, 0.6) is 0 Å². The van der Waals surface area contributed by atoms with Gasteiger partial charge in [-0.1, -0.05) is 57.3 Å². The van der Waals surface area contributed by atoms with Gasteiger partial charge in [0.2, 0.25) is 10.0 Å². The number of anilines is 1. The van der Waals surface area contributed by atoms with Crippen molar-refractivity contribution >= 4 is 54.8 Å². The second kappa shape index (κ2) is 6.35. The van der Waals surface area contributed by atoms with Crippen LogP contribution < -0.4 is 4.72 Å². The highest BCUT2D eigenvalue weighted by Crippen LogP contribution is 2.27. The molecule has 7 heteroatoms. The molecule has 0 bridgehead atoms. The fourth-order valence-corrected chi connectivity index (χ4v) is 3.90. The van der Waals surface area contributed by atoms with Crippen molar-refractivity contribution in [3.8, 4) is 0 Å². The molecule has 0 aliphatic rings. The normalized spacial score (nSPS) is 11.3. The van der Waals surface area contributed by atoms with Crippen molar-refractivity contribution in [2.45, 2.75) is 5.75 Å². The molecule has 0 radical (unpaired) electrons. The van der Waals surface area contributed by atoms with Gasteiger partial charge in [0.1, 0.15) is 0 Å². The fourth-order valence-electron chi connectivity index (χ4n) is 1.60. The number of benzene rings is 2. The Kier molecular flexibility index (Phi) is 4.96. The third kappa shape index (κ3) is 4.12. The lowest BCUT2D eigenvalue weighted by atomic mass is 10.2. The van der Waals surface area contributed by atoms with Crippen LogP contribution in [-0.4, -0.2) is 8.42 Å². The van der Waals surface area contributed by atoms with Crippen LogP contribution >= 0.6 is 39.1 Å². The van der Waals surface area contributed by atoms with Gasteiger partial charge < -0.3 is 0 Å². The molecule has 0 spiro atoms. The van der Waals surface area contributed by atoms with E-state index in [4.69, 9.17) is 23.2 Å². The zero-order chi connectivity index (χ0) is 14.8. The Hall–Kier alpha value is -0.750. The monoisotopic (exact) mass is 393 g/mol. The van der Waals surface area contributed by atoms with Gasteiger partial charge in [-0.3, -0.25) is 4.72 Å². The molecular formula is C13H10BrCl2NO2S. The lowest BCUT2D eigenvalue weighted by molar-refractivity contribution is 0.600. The molecule has 0 fully saturated rings. The number of hydrogen-bond donors (Lipinski definition) is 1. The second-order valence-corrected chi connectivity index (χ2v) is 7.53. The first-order valence-electron chi connectivity index (χ1n) is 5.56. The molecule has 1 N–H and O–H groups in total. The molecule has 0 heterocycles. The van der Waals surface area contributed by atoms with E-state index in [0.29, 0.717) is 21.3 Å². The first kappa shape index (κ1) is 15.6. The van der Waals surface area contributed by atoms with Crippen LogP contribution in [0, 0.1) is 0 Å². The van der Waals surface area contributed by atoms with Crippen LogP contribution in [0.4, 0.5) is 5.69 Å². The summed E-state index contributed by atoms with van der Waals surface area (Å²) in [5.74, 6) is -0.209. The number of sulfonamides is 1. The van der Waals surface area contributed by atoms with Gasteiger partial charge in [-0.05, 0) is 29.8 Å². The maximum absolute atomic E-state index is 12.1. The Balaban J connectivity index is 2.22. The number of hydrogen-bond acceptors (Lipinski definition) is 2. The molecule has 0 saturated heterocycles. The van der Waals surface area contributed by atoms with Gasteiger partial charge in [-0.2, -0.15) is 0 Å². The molecule has 2 aromatic carbocycles. The van der Waals surface area contributed by atoms with E-state index in [1.165, 1.54) is 0 Å². The molecule has 2 rings (SSSR count). The van der Waals surface area contributed by atoms with E-state index < -0.39 is 10.0 Å². The standard InChI is InChI=1S/C13H10BrCl2NO2S/c14-10-5-6-13(12(16)7-10)17-20(18,19)8-9-3-1-2-4-11(9)15/h1-7,17H,8H2. The first-order chi connectivity index (χ1) is 9.37. The van der Waals surface area contributed by atoms with Gasteiger partial charge >= 0.3 is 0 Å². The van der Waals surface area contributed by atoms with E-state index in [9.17, 15) is 8.42 Å². The van der Waals surface area contributed by atoms with Crippen molar-refractivity contribution < 1.29 is 8.42 Å². The molecule has 106 valence electrons. The largest absolute Gasteiger partial charge is 0.282 e. The van der Waals surface area contributed by atoms with Gasteiger partial charge in [0, 0.05) is 9.50 Å². The first-order valence-corrected chi connectivity index (χ1v) is 8.76. The zero-order valence-electron chi connectivity index (χ0n) is 10.1. The summed E-state index contributed by atoms with van der Waals surface area (Å²) in [7, 11) is -3.58. The third-order valence-electron chi connectivity index (χ3n) is 2.50. The highest BCUT2D eigenvalue weighted by molar-refractivity contribution is 9.10. The van der Waals surface area contributed by atoms with E-state index in [1.54, 1.807) is 42.5 Å². The van der Waals surface area contributed by atoms with Gasteiger partial charge in [-0.25, -0.2) is 8.42 Å². The Morgan fingerprint density at radius 1 is 1.05 bits per heavy atom. The van der Waals surface area contributed by atoms with Gasteiger partial charge in [-0.15, -0.1) is 0 Å². The maximum Gasteiger partial charge on any atom is 0.237 e. The summed E-state index contributed by atoms with van der Waals surface area (Å²) in [5, 5.41) is 0.738. The van der Waals surface area contributed by atoms with Crippen LogP contribution in [-0.2, 0) is 15.8 Å². The van der Waals surface area contributed by atoms with Crippen molar-refractivity contribution in [3.63, 3.8) is 0 Å². The number of rotatable bonds is 4. The Morgan fingerprint density at radius 3 is 2.40 bits per heavy atom. The molecule has 0 aliphatic carbocycles. The average Bonchev–Trinajstić information content (AvgIpc) is 2.35. The lowest BCUT2D eigenvalue weighted by Crippen LogP contribution is -2.15. The van der Waals surface area contributed by atoms with E-state index in [-0.39, 0.29) is 5.75 Å². The summed E-state index contributed by atoms with van der Waals surface area (Å²) < 4.78 is 27.5. The molecule has 0 atom stereocenters. The fraction of sp³-hybridized carbons (Fsp3) is 0.0769. The van der Waals surface area contributed by atoms with Crippen LogP contribution in [0.15, 0.2) is 46.9 Å². The highest BCUT2D eigenvalue weighted by Gasteiger charge is 2.15. The molecule has 0 aliphatic heterocycles. The van der Waals surface area contributed by atoms with Gasteiger partial charge in [0.15, 0.2) is 0 Å². The van der Waals surface area contributed by atoms with Crippen LogP contribution in [0.25, 0.3) is 0 Å². The summed E-state index contributed by atoms with van der Waals surface area (Å²) in [6.45, 7) is 0. The molecule has 0 aromatic heterocycles. The Labute approximate surface area is 136 Å². The van der Waals surface area contributed by atoms with Crippen LogP contribution in [0.2, 0.25) is 10.0 Å². The predicted octanol–water partition coefficient (Wildman–Crippen LogP) is 4.70. The van der Waals surface area contributed by atoms with Gasteiger partial charge in [0.05, 0.1) is 16.5 Å². The average molecular weight is 395 g/mol. The lowest BCUT2D eigenvalue weighted by Gasteiger charge is -2.10. The SMILES string of the molecule is O=S(=O)(Cc1ccccc1Cl)Nc1ccc(Br)cc1Cl. The minimum absolute atomic E-state index is 0.209. The van der Waals surface area contributed by atoms with E-state index in [2.05, 4.69) is 20.7 Å².